The average Bonchev–Trinajstić information content (AvgIpc) is 3.20. The molecule has 136 valence electrons. The standard InChI is InChI=1S/C20H33NO3/c1-15(2)16-3-8-20(9-4-16)23-14-18(24-20)6-11-21-10-5-17-7-12-22-19(17)13-21/h3,15,17-19H,4-14H2,1-2H3. The van der Waals surface area contributed by atoms with Gasteiger partial charge in [0.15, 0.2) is 5.79 Å². The lowest BCUT2D eigenvalue weighted by Crippen LogP contribution is -2.43. The Morgan fingerprint density at radius 3 is 3.04 bits per heavy atom. The fraction of sp³-hybridized carbons (Fsp3) is 0.900. The van der Waals surface area contributed by atoms with Gasteiger partial charge in [-0.05, 0) is 44.1 Å². The Hall–Kier alpha value is -0.420. The van der Waals surface area contributed by atoms with Gasteiger partial charge in [-0.2, -0.15) is 0 Å². The van der Waals surface area contributed by atoms with Crippen molar-refractivity contribution in [1.82, 2.24) is 4.90 Å². The maximum absolute atomic E-state index is 6.37. The molecule has 0 N–H and O–H groups in total. The van der Waals surface area contributed by atoms with Crippen molar-refractivity contribution in [3.05, 3.63) is 11.6 Å². The number of allylic oxidation sites excluding steroid dienone is 1. The van der Waals surface area contributed by atoms with Crippen molar-refractivity contribution in [3.63, 3.8) is 0 Å². The van der Waals surface area contributed by atoms with E-state index in [0.29, 0.717) is 12.0 Å². The van der Waals surface area contributed by atoms with Gasteiger partial charge < -0.3 is 19.1 Å². The Balaban J connectivity index is 1.23. The van der Waals surface area contributed by atoms with Crippen LogP contribution in [0.4, 0.5) is 0 Å². The Morgan fingerprint density at radius 2 is 2.25 bits per heavy atom. The van der Waals surface area contributed by atoms with Gasteiger partial charge in [0.25, 0.3) is 0 Å². The summed E-state index contributed by atoms with van der Waals surface area (Å²) >= 11 is 0. The molecule has 0 aromatic rings. The first-order valence-corrected chi connectivity index (χ1v) is 9.98. The van der Waals surface area contributed by atoms with E-state index in [0.717, 1.165) is 57.9 Å². The second-order valence-electron chi connectivity index (χ2n) is 8.44. The third-order valence-electron chi connectivity index (χ3n) is 6.49. The van der Waals surface area contributed by atoms with Gasteiger partial charge in [0.2, 0.25) is 0 Å². The maximum atomic E-state index is 6.37. The number of ether oxygens (including phenoxy) is 3. The molecular formula is C20H33NO3. The van der Waals surface area contributed by atoms with E-state index in [2.05, 4.69) is 24.8 Å². The van der Waals surface area contributed by atoms with Gasteiger partial charge in [0.05, 0.1) is 18.8 Å². The minimum Gasteiger partial charge on any atom is -0.377 e. The number of nitrogens with zero attached hydrogens (tertiary/aromatic N) is 1. The van der Waals surface area contributed by atoms with E-state index in [1.54, 1.807) is 5.57 Å². The Labute approximate surface area is 146 Å². The molecule has 1 spiro atoms. The molecule has 0 aromatic heterocycles. The molecule has 4 aliphatic rings. The molecule has 4 unspecified atom stereocenters. The summed E-state index contributed by atoms with van der Waals surface area (Å²) in [7, 11) is 0. The maximum Gasteiger partial charge on any atom is 0.172 e. The molecule has 3 saturated heterocycles. The average molecular weight is 335 g/mol. The Morgan fingerprint density at radius 1 is 1.33 bits per heavy atom. The summed E-state index contributed by atoms with van der Waals surface area (Å²) in [5.74, 6) is 1.16. The first kappa shape index (κ1) is 17.0. The van der Waals surface area contributed by atoms with Crippen molar-refractivity contribution < 1.29 is 14.2 Å². The molecule has 4 nitrogen and oxygen atoms in total. The van der Waals surface area contributed by atoms with Gasteiger partial charge in [0.1, 0.15) is 0 Å². The lowest BCUT2D eigenvalue weighted by molar-refractivity contribution is -0.173. The summed E-state index contributed by atoms with van der Waals surface area (Å²) in [6.45, 7) is 9.75. The van der Waals surface area contributed by atoms with E-state index < -0.39 is 0 Å². The van der Waals surface area contributed by atoms with E-state index in [4.69, 9.17) is 14.2 Å². The van der Waals surface area contributed by atoms with Crippen molar-refractivity contribution >= 4 is 0 Å². The number of fused-ring (bicyclic) bond motifs is 1. The number of rotatable bonds is 4. The van der Waals surface area contributed by atoms with Crippen molar-refractivity contribution in [2.24, 2.45) is 11.8 Å². The molecule has 3 fully saturated rings. The normalized spacial score (nSPS) is 40.3. The van der Waals surface area contributed by atoms with Crippen LogP contribution in [-0.2, 0) is 14.2 Å². The third-order valence-corrected chi connectivity index (χ3v) is 6.49. The van der Waals surface area contributed by atoms with Crippen molar-refractivity contribution in [2.75, 3.05) is 32.8 Å². The van der Waals surface area contributed by atoms with Crippen LogP contribution in [0.15, 0.2) is 11.6 Å². The first-order chi connectivity index (χ1) is 11.6. The third kappa shape index (κ3) is 3.57. The molecule has 0 bridgehead atoms. The van der Waals surface area contributed by atoms with Crippen molar-refractivity contribution in [2.45, 2.75) is 70.4 Å². The lowest BCUT2D eigenvalue weighted by atomic mass is 9.88. The predicted molar refractivity (Wildman–Crippen MR) is 93.8 cm³/mol. The fourth-order valence-electron chi connectivity index (χ4n) is 4.80. The highest BCUT2D eigenvalue weighted by Crippen LogP contribution is 2.39. The van der Waals surface area contributed by atoms with Gasteiger partial charge in [-0.3, -0.25) is 0 Å². The highest BCUT2D eigenvalue weighted by atomic mass is 16.7. The summed E-state index contributed by atoms with van der Waals surface area (Å²) < 4.78 is 18.4. The van der Waals surface area contributed by atoms with Crippen molar-refractivity contribution in [1.29, 1.82) is 0 Å². The number of piperidine rings is 1. The van der Waals surface area contributed by atoms with Crippen molar-refractivity contribution in [3.8, 4) is 0 Å². The van der Waals surface area contributed by atoms with Gasteiger partial charge in [0, 0.05) is 32.5 Å². The summed E-state index contributed by atoms with van der Waals surface area (Å²) in [5.41, 5.74) is 1.57. The highest BCUT2D eigenvalue weighted by Gasteiger charge is 2.42. The van der Waals surface area contributed by atoms with Crippen LogP contribution in [-0.4, -0.2) is 55.7 Å². The summed E-state index contributed by atoms with van der Waals surface area (Å²) in [6.07, 6.45) is 9.85. The zero-order valence-electron chi connectivity index (χ0n) is 15.3. The van der Waals surface area contributed by atoms with E-state index in [1.807, 2.05) is 0 Å². The Bertz CT molecular complexity index is 478. The second-order valence-corrected chi connectivity index (χ2v) is 8.44. The molecular weight excluding hydrogens is 302 g/mol. The van der Waals surface area contributed by atoms with Crippen LogP contribution in [0.2, 0.25) is 0 Å². The molecule has 3 heterocycles. The summed E-state index contributed by atoms with van der Waals surface area (Å²) in [6, 6.07) is 0. The molecule has 4 rings (SSSR count). The van der Waals surface area contributed by atoms with Crippen LogP contribution in [0.25, 0.3) is 0 Å². The first-order valence-electron chi connectivity index (χ1n) is 9.98. The van der Waals surface area contributed by atoms with Crippen LogP contribution in [0.1, 0.15) is 52.4 Å². The van der Waals surface area contributed by atoms with Crippen LogP contribution in [0.3, 0.4) is 0 Å². The molecule has 0 amide bonds. The number of hydrogen-bond donors (Lipinski definition) is 0. The molecule has 0 aromatic carbocycles. The predicted octanol–water partition coefficient (Wildman–Crippen LogP) is 3.37. The quantitative estimate of drug-likeness (QED) is 0.737. The molecule has 3 aliphatic heterocycles. The zero-order chi connectivity index (χ0) is 16.6. The number of hydrogen-bond acceptors (Lipinski definition) is 4. The lowest BCUT2D eigenvalue weighted by Gasteiger charge is -2.35. The van der Waals surface area contributed by atoms with Crippen LogP contribution in [0, 0.1) is 11.8 Å². The van der Waals surface area contributed by atoms with Crippen LogP contribution >= 0.6 is 0 Å². The van der Waals surface area contributed by atoms with E-state index >= 15 is 0 Å². The molecule has 4 atom stereocenters. The fourth-order valence-corrected chi connectivity index (χ4v) is 4.80. The Kier molecular flexibility index (Phi) is 5.01. The van der Waals surface area contributed by atoms with Crippen LogP contribution in [0.5, 0.6) is 0 Å². The minimum atomic E-state index is -0.315. The topological polar surface area (TPSA) is 30.9 Å². The van der Waals surface area contributed by atoms with Gasteiger partial charge in [-0.25, -0.2) is 0 Å². The van der Waals surface area contributed by atoms with Gasteiger partial charge >= 0.3 is 0 Å². The number of likely N-dealkylation sites (tertiary alicyclic amines) is 1. The van der Waals surface area contributed by atoms with Gasteiger partial charge in [-0.15, -0.1) is 0 Å². The molecule has 4 heteroatoms. The largest absolute Gasteiger partial charge is 0.377 e. The molecule has 1 aliphatic carbocycles. The monoisotopic (exact) mass is 335 g/mol. The van der Waals surface area contributed by atoms with Gasteiger partial charge in [-0.1, -0.05) is 25.5 Å². The zero-order valence-corrected chi connectivity index (χ0v) is 15.3. The SMILES string of the molecule is CC(C)C1=CCC2(CC1)OCC(CCN1CCC3CCOC3C1)O2. The summed E-state index contributed by atoms with van der Waals surface area (Å²) in [4.78, 5) is 2.57. The molecule has 0 radical (unpaired) electrons. The minimum absolute atomic E-state index is 0.265. The molecule has 0 saturated carbocycles. The van der Waals surface area contributed by atoms with E-state index in [1.165, 1.54) is 19.4 Å². The van der Waals surface area contributed by atoms with E-state index in [-0.39, 0.29) is 11.9 Å². The smallest absolute Gasteiger partial charge is 0.172 e. The summed E-state index contributed by atoms with van der Waals surface area (Å²) in [5, 5.41) is 0. The van der Waals surface area contributed by atoms with E-state index in [9.17, 15) is 0 Å². The second kappa shape index (κ2) is 7.06. The molecule has 24 heavy (non-hydrogen) atoms. The highest BCUT2D eigenvalue weighted by molar-refractivity contribution is 5.11. The van der Waals surface area contributed by atoms with Crippen LogP contribution < -0.4 is 0 Å².